The minimum Gasteiger partial charge on any atom is -0.381 e. The predicted molar refractivity (Wildman–Crippen MR) is 80.6 cm³/mol. The minimum absolute atomic E-state index is 0.156. The van der Waals surface area contributed by atoms with Gasteiger partial charge >= 0.3 is 0 Å². The van der Waals surface area contributed by atoms with Crippen molar-refractivity contribution < 1.29 is 4.39 Å². The van der Waals surface area contributed by atoms with Crippen molar-refractivity contribution in [3.63, 3.8) is 0 Å². The minimum atomic E-state index is -0.380. The molecule has 1 heterocycles. The van der Waals surface area contributed by atoms with Crippen LogP contribution in [0.15, 0.2) is 47.8 Å². The zero-order chi connectivity index (χ0) is 13.2. The lowest BCUT2D eigenvalue weighted by Gasteiger charge is -2.07. The Bertz CT molecular complexity index is 723. The molecule has 0 amide bonds. The van der Waals surface area contributed by atoms with Crippen LogP contribution in [0.2, 0.25) is 5.02 Å². The molecule has 0 radical (unpaired) electrons. The molecule has 0 aliphatic heterocycles. The van der Waals surface area contributed by atoms with E-state index < -0.39 is 0 Å². The van der Waals surface area contributed by atoms with Crippen molar-refractivity contribution in [2.75, 3.05) is 5.32 Å². The lowest BCUT2D eigenvalue weighted by molar-refractivity contribution is 0.626. The molecule has 0 aliphatic carbocycles. The molecule has 1 N–H and O–H groups in total. The predicted octanol–water partition coefficient (Wildman–Crippen LogP) is 5.31. The largest absolute Gasteiger partial charge is 0.381 e. The standard InChI is InChI=1S/C15H11ClFNS/c16-13-3-1-10(7-14(13)17)9-18-12-2-4-15-11(8-12)5-6-19-15/h1-8,18H,9H2. The van der Waals surface area contributed by atoms with Crippen molar-refractivity contribution in [3.05, 3.63) is 64.2 Å². The van der Waals surface area contributed by atoms with E-state index in [-0.39, 0.29) is 10.8 Å². The highest BCUT2D eigenvalue weighted by molar-refractivity contribution is 7.17. The van der Waals surface area contributed by atoms with Gasteiger partial charge in [0.25, 0.3) is 0 Å². The van der Waals surface area contributed by atoms with Crippen LogP contribution >= 0.6 is 22.9 Å². The fourth-order valence-corrected chi connectivity index (χ4v) is 2.82. The van der Waals surface area contributed by atoms with E-state index >= 15 is 0 Å². The quantitative estimate of drug-likeness (QED) is 0.690. The van der Waals surface area contributed by atoms with Gasteiger partial charge in [0.15, 0.2) is 0 Å². The van der Waals surface area contributed by atoms with Crippen LogP contribution < -0.4 is 5.32 Å². The Morgan fingerprint density at radius 2 is 2.00 bits per heavy atom. The van der Waals surface area contributed by atoms with Gasteiger partial charge in [0.05, 0.1) is 5.02 Å². The molecule has 1 aromatic heterocycles. The van der Waals surface area contributed by atoms with Crippen LogP contribution in [-0.2, 0) is 6.54 Å². The first kappa shape index (κ1) is 12.5. The zero-order valence-corrected chi connectivity index (χ0v) is 11.6. The summed E-state index contributed by atoms with van der Waals surface area (Å²) in [6, 6.07) is 13.2. The lowest BCUT2D eigenvalue weighted by Crippen LogP contribution is -1.99. The number of thiophene rings is 1. The van der Waals surface area contributed by atoms with E-state index in [2.05, 4.69) is 28.9 Å². The Morgan fingerprint density at radius 1 is 1.11 bits per heavy atom. The van der Waals surface area contributed by atoms with Crippen LogP contribution in [-0.4, -0.2) is 0 Å². The number of hydrogen-bond donors (Lipinski definition) is 1. The van der Waals surface area contributed by atoms with Crippen molar-refractivity contribution in [1.29, 1.82) is 0 Å². The second-order valence-corrected chi connectivity index (χ2v) is 5.63. The maximum atomic E-state index is 13.3. The SMILES string of the molecule is Fc1cc(CNc2ccc3sccc3c2)ccc1Cl. The molecule has 19 heavy (non-hydrogen) atoms. The number of fused-ring (bicyclic) bond motifs is 1. The highest BCUT2D eigenvalue weighted by atomic mass is 35.5. The number of halogens is 2. The molecular formula is C15H11ClFNS. The summed E-state index contributed by atoms with van der Waals surface area (Å²) < 4.78 is 14.6. The molecule has 1 nitrogen and oxygen atoms in total. The van der Waals surface area contributed by atoms with Crippen LogP contribution in [0.3, 0.4) is 0 Å². The van der Waals surface area contributed by atoms with E-state index in [0.29, 0.717) is 6.54 Å². The highest BCUT2D eigenvalue weighted by Crippen LogP contribution is 2.24. The summed E-state index contributed by atoms with van der Waals surface area (Å²) in [5.41, 5.74) is 1.90. The van der Waals surface area contributed by atoms with Gasteiger partial charge in [0.2, 0.25) is 0 Å². The van der Waals surface area contributed by atoms with Crippen LogP contribution in [0.1, 0.15) is 5.56 Å². The Labute approximate surface area is 119 Å². The number of anilines is 1. The van der Waals surface area contributed by atoms with E-state index in [1.54, 1.807) is 17.4 Å². The molecule has 0 atom stereocenters. The van der Waals surface area contributed by atoms with E-state index in [9.17, 15) is 4.39 Å². The van der Waals surface area contributed by atoms with Crippen LogP contribution in [0, 0.1) is 5.82 Å². The second-order valence-electron chi connectivity index (χ2n) is 4.28. The maximum Gasteiger partial charge on any atom is 0.142 e. The number of rotatable bonds is 3. The average molecular weight is 292 g/mol. The highest BCUT2D eigenvalue weighted by Gasteiger charge is 2.02. The van der Waals surface area contributed by atoms with Crippen LogP contribution in [0.5, 0.6) is 0 Å². The Kier molecular flexibility index (Phi) is 3.40. The summed E-state index contributed by atoms with van der Waals surface area (Å²) in [5, 5.41) is 6.73. The van der Waals surface area contributed by atoms with Gasteiger partial charge < -0.3 is 5.32 Å². The van der Waals surface area contributed by atoms with Crippen molar-refractivity contribution in [2.45, 2.75) is 6.54 Å². The van der Waals surface area contributed by atoms with Gasteiger partial charge in [0.1, 0.15) is 5.82 Å². The number of benzene rings is 2. The summed E-state index contributed by atoms with van der Waals surface area (Å²) in [4.78, 5) is 0. The number of hydrogen-bond acceptors (Lipinski definition) is 2. The molecule has 0 bridgehead atoms. The third kappa shape index (κ3) is 2.72. The van der Waals surface area contributed by atoms with Crippen LogP contribution in [0.25, 0.3) is 10.1 Å². The van der Waals surface area contributed by atoms with Gasteiger partial charge in [-0.3, -0.25) is 0 Å². The van der Waals surface area contributed by atoms with Crippen molar-refractivity contribution in [2.24, 2.45) is 0 Å². The Morgan fingerprint density at radius 3 is 2.84 bits per heavy atom. The summed E-state index contributed by atoms with van der Waals surface area (Å²) in [7, 11) is 0. The first-order valence-corrected chi connectivity index (χ1v) is 7.13. The zero-order valence-electron chi connectivity index (χ0n) is 9.99. The third-order valence-corrected chi connectivity index (χ3v) is 4.14. The molecule has 0 spiro atoms. The Balaban J connectivity index is 1.75. The fourth-order valence-electron chi connectivity index (χ4n) is 1.93. The van der Waals surface area contributed by atoms with Gasteiger partial charge in [-0.1, -0.05) is 17.7 Å². The first-order valence-electron chi connectivity index (χ1n) is 5.87. The summed E-state index contributed by atoms with van der Waals surface area (Å²) in [6.45, 7) is 0.573. The molecule has 2 aromatic carbocycles. The molecule has 96 valence electrons. The maximum absolute atomic E-state index is 13.3. The second kappa shape index (κ2) is 5.19. The van der Waals surface area contributed by atoms with E-state index in [4.69, 9.17) is 11.6 Å². The molecule has 4 heteroatoms. The molecule has 3 aromatic rings. The van der Waals surface area contributed by atoms with Crippen molar-refractivity contribution >= 4 is 38.7 Å². The first-order chi connectivity index (χ1) is 9.22. The molecule has 3 rings (SSSR count). The smallest absolute Gasteiger partial charge is 0.142 e. The van der Waals surface area contributed by atoms with Gasteiger partial charge in [-0.05, 0) is 52.7 Å². The van der Waals surface area contributed by atoms with E-state index in [0.717, 1.165) is 11.3 Å². The van der Waals surface area contributed by atoms with Gasteiger partial charge in [-0.15, -0.1) is 11.3 Å². The lowest BCUT2D eigenvalue weighted by atomic mass is 10.2. The van der Waals surface area contributed by atoms with Gasteiger partial charge in [0, 0.05) is 16.9 Å². The molecule has 0 saturated heterocycles. The van der Waals surface area contributed by atoms with Crippen LogP contribution in [0.4, 0.5) is 10.1 Å². The molecule has 0 fully saturated rings. The van der Waals surface area contributed by atoms with Crippen molar-refractivity contribution in [1.82, 2.24) is 0 Å². The Hall–Kier alpha value is -1.58. The summed E-state index contributed by atoms with van der Waals surface area (Å²) >= 11 is 7.38. The van der Waals surface area contributed by atoms with Gasteiger partial charge in [-0.25, -0.2) is 4.39 Å². The van der Waals surface area contributed by atoms with Gasteiger partial charge in [-0.2, -0.15) is 0 Å². The molecule has 0 unspecified atom stereocenters. The monoisotopic (exact) mass is 291 g/mol. The normalized spacial score (nSPS) is 10.8. The summed E-state index contributed by atoms with van der Waals surface area (Å²) in [6.07, 6.45) is 0. The van der Waals surface area contributed by atoms with E-state index in [1.165, 1.54) is 16.2 Å². The number of nitrogens with one attached hydrogen (secondary N) is 1. The third-order valence-electron chi connectivity index (χ3n) is 2.93. The fraction of sp³-hybridized carbons (Fsp3) is 0.0667. The average Bonchev–Trinajstić information content (AvgIpc) is 2.87. The molecular weight excluding hydrogens is 281 g/mol. The van der Waals surface area contributed by atoms with Crippen molar-refractivity contribution in [3.8, 4) is 0 Å². The van der Waals surface area contributed by atoms with E-state index in [1.807, 2.05) is 12.1 Å². The molecule has 0 saturated carbocycles. The topological polar surface area (TPSA) is 12.0 Å². The summed E-state index contributed by atoms with van der Waals surface area (Å²) in [5.74, 6) is -0.380. The molecule has 0 aliphatic rings.